The number of nitrogens with two attached hydrogens (primary N) is 1. The Hall–Kier alpha value is -1.39. The lowest BCUT2D eigenvalue weighted by Crippen LogP contribution is -2.03. The van der Waals surface area contributed by atoms with Gasteiger partial charge in [-0.2, -0.15) is 0 Å². The molecule has 0 saturated carbocycles. The molecule has 0 heterocycles. The third-order valence-electron chi connectivity index (χ3n) is 2.89. The highest BCUT2D eigenvalue weighted by Gasteiger charge is 2.13. The number of anilines is 1. The van der Waals surface area contributed by atoms with E-state index in [1.165, 1.54) is 6.07 Å². The molecule has 0 spiro atoms. The van der Waals surface area contributed by atoms with Gasteiger partial charge >= 0.3 is 0 Å². The second-order valence-corrected chi connectivity index (χ2v) is 6.00. The SMILES string of the molecule is Cc1c(N)cccc1S(=O)Cc1cccc(Cl)c1F. The topological polar surface area (TPSA) is 43.1 Å². The summed E-state index contributed by atoms with van der Waals surface area (Å²) in [6, 6.07) is 9.92. The molecule has 1 atom stereocenters. The van der Waals surface area contributed by atoms with E-state index in [0.717, 1.165) is 5.56 Å². The van der Waals surface area contributed by atoms with Crippen LogP contribution in [0.1, 0.15) is 11.1 Å². The maximum atomic E-state index is 13.8. The Kier molecular flexibility index (Phi) is 4.22. The first kappa shape index (κ1) is 14.0. The van der Waals surface area contributed by atoms with Gasteiger partial charge in [0.2, 0.25) is 0 Å². The van der Waals surface area contributed by atoms with Crippen LogP contribution in [0, 0.1) is 12.7 Å². The summed E-state index contributed by atoms with van der Waals surface area (Å²) in [6.45, 7) is 1.80. The summed E-state index contributed by atoms with van der Waals surface area (Å²) in [7, 11) is -1.35. The number of halogens is 2. The third-order valence-corrected chi connectivity index (χ3v) is 4.69. The van der Waals surface area contributed by atoms with E-state index in [2.05, 4.69) is 0 Å². The molecule has 0 aliphatic carbocycles. The van der Waals surface area contributed by atoms with E-state index in [0.29, 0.717) is 16.1 Å². The van der Waals surface area contributed by atoms with Gasteiger partial charge in [0.25, 0.3) is 0 Å². The zero-order chi connectivity index (χ0) is 14.0. The average molecular weight is 298 g/mol. The molecule has 0 radical (unpaired) electrons. The molecule has 0 amide bonds. The van der Waals surface area contributed by atoms with Crippen molar-refractivity contribution in [3.05, 3.63) is 58.4 Å². The Morgan fingerprint density at radius 1 is 1.26 bits per heavy atom. The van der Waals surface area contributed by atoms with E-state index in [1.807, 2.05) is 0 Å². The normalized spacial score (nSPS) is 12.4. The van der Waals surface area contributed by atoms with Crippen LogP contribution in [0.2, 0.25) is 5.02 Å². The summed E-state index contributed by atoms with van der Waals surface area (Å²) in [5, 5.41) is 0.0406. The third kappa shape index (κ3) is 2.96. The van der Waals surface area contributed by atoms with Gasteiger partial charge in [-0.3, -0.25) is 4.21 Å². The lowest BCUT2D eigenvalue weighted by Gasteiger charge is -2.09. The van der Waals surface area contributed by atoms with Gasteiger partial charge in [-0.05, 0) is 30.7 Å². The Balaban J connectivity index is 2.31. The predicted octanol–water partition coefficient (Wildman–Crippen LogP) is 3.68. The molecular formula is C14H13ClFNOS. The largest absolute Gasteiger partial charge is 0.398 e. The van der Waals surface area contributed by atoms with Crippen LogP contribution in [0.25, 0.3) is 0 Å². The number of nitrogen functional groups attached to an aromatic ring is 1. The molecule has 19 heavy (non-hydrogen) atoms. The zero-order valence-corrected chi connectivity index (χ0v) is 11.9. The molecule has 2 nitrogen and oxygen atoms in total. The lowest BCUT2D eigenvalue weighted by atomic mass is 10.2. The molecule has 5 heteroatoms. The van der Waals surface area contributed by atoms with Crippen LogP contribution >= 0.6 is 11.6 Å². The van der Waals surface area contributed by atoms with Gasteiger partial charge < -0.3 is 5.73 Å². The van der Waals surface area contributed by atoms with E-state index in [-0.39, 0.29) is 10.8 Å². The molecule has 100 valence electrons. The molecule has 0 aromatic heterocycles. The van der Waals surface area contributed by atoms with Crippen molar-refractivity contribution in [3.63, 3.8) is 0 Å². The minimum absolute atomic E-state index is 0.0406. The Morgan fingerprint density at radius 2 is 1.95 bits per heavy atom. The van der Waals surface area contributed by atoms with Gasteiger partial charge in [0.15, 0.2) is 0 Å². The second kappa shape index (κ2) is 5.72. The van der Waals surface area contributed by atoms with Crippen LogP contribution in [-0.4, -0.2) is 4.21 Å². The van der Waals surface area contributed by atoms with E-state index in [1.54, 1.807) is 37.3 Å². The number of benzene rings is 2. The van der Waals surface area contributed by atoms with Gasteiger partial charge in [-0.15, -0.1) is 0 Å². The summed E-state index contributed by atoms with van der Waals surface area (Å²) in [6.07, 6.45) is 0. The maximum absolute atomic E-state index is 13.8. The minimum Gasteiger partial charge on any atom is -0.398 e. The average Bonchev–Trinajstić information content (AvgIpc) is 2.38. The lowest BCUT2D eigenvalue weighted by molar-refractivity contribution is 0.615. The minimum atomic E-state index is -1.35. The van der Waals surface area contributed by atoms with Crippen LogP contribution in [0.15, 0.2) is 41.3 Å². The van der Waals surface area contributed by atoms with Crippen molar-refractivity contribution < 1.29 is 8.60 Å². The fourth-order valence-electron chi connectivity index (χ4n) is 1.76. The summed E-state index contributed by atoms with van der Waals surface area (Å²) in [5.74, 6) is -0.435. The fourth-order valence-corrected chi connectivity index (χ4v) is 3.30. The first-order valence-corrected chi connectivity index (χ1v) is 7.36. The molecule has 0 aliphatic rings. The molecule has 2 aromatic carbocycles. The number of hydrogen-bond donors (Lipinski definition) is 1. The van der Waals surface area contributed by atoms with E-state index in [9.17, 15) is 8.60 Å². The predicted molar refractivity (Wildman–Crippen MR) is 77.1 cm³/mol. The van der Waals surface area contributed by atoms with Gasteiger partial charge in [-0.25, -0.2) is 4.39 Å². The van der Waals surface area contributed by atoms with Crippen molar-refractivity contribution in [2.24, 2.45) is 0 Å². The summed E-state index contributed by atoms with van der Waals surface area (Å²) in [5.41, 5.74) is 7.46. The van der Waals surface area contributed by atoms with Crippen molar-refractivity contribution in [2.75, 3.05) is 5.73 Å². The van der Waals surface area contributed by atoms with Gasteiger partial charge in [0, 0.05) is 16.1 Å². The van der Waals surface area contributed by atoms with Crippen molar-refractivity contribution in [1.82, 2.24) is 0 Å². The van der Waals surface area contributed by atoms with Crippen LogP contribution in [0.5, 0.6) is 0 Å². The monoisotopic (exact) mass is 297 g/mol. The number of hydrogen-bond acceptors (Lipinski definition) is 2. The number of rotatable bonds is 3. The quantitative estimate of drug-likeness (QED) is 0.878. The highest BCUT2D eigenvalue weighted by molar-refractivity contribution is 7.84. The highest BCUT2D eigenvalue weighted by Crippen LogP contribution is 2.24. The molecular weight excluding hydrogens is 285 g/mol. The Labute approximate surface area is 118 Å². The van der Waals surface area contributed by atoms with Gasteiger partial charge in [-0.1, -0.05) is 29.8 Å². The fraction of sp³-hybridized carbons (Fsp3) is 0.143. The van der Waals surface area contributed by atoms with E-state index < -0.39 is 16.6 Å². The zero-order valence-electron chi connectivity index (χ0n) is 10.3. The van der Waals surface area contributed by atoms with Crippen molar-refractivity contribution in [2.45, 2.75) is 17.6 Å². The van der Waals surface area contributed by atoms with E-state index in [4.69, 9.17) is 17.3 Å². The van der Waals surface area contributed by atoms with Crippen molar-refractivity contribution in [3.8, 4) is 0 Å². The summed E-state index contributed by atoms with van der Waals surface area (Å²) in [4.78, 5) is 0.624. The van der Waals surface area contributed by atoms with Crippen molar-refractivity contribution >= 4 is 28.1 Å². The van der Waals surface area contributed by atoms with Crippen molar-refractivity contribution in [1.29, 1.82) is 0 Å². The summed E-state index contributed by atoms with van der Waals surface area (Å²) >= 11 is 5.71. The first-order valence-electron chi connectivity index (χ1n) is 5.67. The first-order chi connectivity index (χ1) is 9.00. The van der Waals surface area contributed by atoms with Gasteiger partial charge in [0.05, 0.1) is 21.6 Å². The van der Waals surface area contributed by atoms with Gasteiger partial charge in [0.1, 0.15) is 5.82 Å². The van der Waals surface area contributed by atoms with Crippen LogP contribution in [0.4, 0.5) is 10.1 Å². The molecule has 0 bridgehead atoms. The maximum Gasteiger partial charge on any atom is 0.145 e. The molecule has 0 fully saturated rings. The van der Waals surface area contributed by atoms with E-state index >= 15 is 0 Å². The molecule has 2 aromatic rings. The standard InChI is InChI=1S/C14H13ClFNOS/c1-9-12(17)6-3-7-13(9)19(18)8-10-4-2-5-11(15)14(10)16/h2-7H,8,17H2,1H3. The second-order valence-electron chi connectivity index (χ2n) is 4.17. The smallest absolute Gasteiger partial charge is 0.145 e. The molecule has 2 N–H and O–H groups in total. The Morgan fingerprint density at radius 3 is 2.68 bits per heavy atom. The van der Waals surface area contributed by atoms with Crippen LogP contribution in [0.3, 0.4) is 0 Å². The Bertz CT molecular complexity index is 645. The van der Waals surface area contributed by atoms with Crippen LogP contribution in [-0.2, 0) is 16.6 Å². The summed E-state index contributed by atoms with van der Waals surface area (Å²) < 4.78 is 26.1. The highest BCUT2D eigenvalue weighted by atomic mass is 35.5. The van der Waals surface area contributed by atoms with Crippen LogP contribution < -0.4 is 5.73 Å². The molecule has 0 saturated heterocycles. The molecule has 2 rings (SSSR count). The molecule has 0 aliphatic heterocycles. The molecule has 1 unspecified atom stereocenters.